The molecule has 66 heavy (non-hydrogen) atoms. The Morgan fingerprint density at radius 3 is 1.02 bits per heavy atom. The zero-order valence-corrected chi connectivity index (χ0v) is 41.9. The molecule has 0 heterocycles. The lowest BCUT2D eigenvalue weighted by molar-refractivity contribution is -0.167. The van der Waals surface area contributed by atoms with Crippen molar-refractivity contribution in [2.45, 2.75) is 200 Å². The Hall–Kier alpha value is -4.71. The van der Waals surface area contributed by atoms with Crippen LogP contribution in [0.1, 0.15) is 194 Å². The molecule has 1 unspecified atom stereocenters. The molecule has 0 radical (unpaired) electrons. The van der Waals surface area contributed by atoms with E-state index in [4.69, 9.17) is 14.2 Å². The third kappa shape index (κ3) is 50.3. The molecule has 0 aromatic carbocycles. The van der Waals surface area contributed by atoms with E-state index in [1.165, 1.54) is 12.8 Å². The minimum absolute atomic E-state index is 0.126. The van der Waals surface area contributed by atoms with E-state index < -0.39 is 6.10 Å². The minimum atomic E-state index is -0.834. The number of rotatable bonds is 44. The van der Waals surface area contributed by atoms with Gasteiger partial charge in [0.05, 0.1) is 0 Å². The summed E-state index contributed by atoms with van der Waals surface area (Å²) in [7, 11) is 0. The summed E-state index contributed by atoms with van der Waals surface area (Å²) >= 11 is 0. The maximum atomic E-state index is 12.8. The first-order valence-electron chi connectivity index (χ1n) is 25.8. The van der Waals surface area contributed by atoms with Crippen LogP contribution in [0.15, 0.2) is 146 Å². The molecular weight excluding hydrogens is 817 g/mol. The van der Waals surface area contributed by atoms with Crippen molar-refractivity contribution in [3.05, 3.63) is 146 Å². The molecule has 368 valence electrons. The Morgan fingerprint density at radius 1 is 0.318 bits per heavy atom. The van der Waals surface area contributed by atoms with Gasteiger partial charge in [0.2, 0.25) is 0 Å². The van der Waals surface area contributed by atoms with Gasteiger partial charge in [0.1, 0.15) is 13.2 Å². The summed E-state index contributed by atoms with van der Waals surface area (Å²) in [4.78, 5) is 37.9. The van der Waals surface area contributed by atoms with Crippen molar-refractivity contribution < 1.29 is 28.6 Å². The third-order valence-electron chi connectivity index (χ3n) is 10.0. The van der Waals surface area contributed by atoms with Crippen molar-refractivity contribution in [3.8, 4) is 0 Å². The van der Waals surface area contributed by atoms with Gasteiger partial charge in [-0.1, -0.05) is 192 Å². The van der Waals surface area contributed by atoms with E-state index >= 15 is 0 Å². The van der Waals surface area contributed by atoms with Crippen LogP contribution in [0.25, 0.3) is 0 Å². The number of hydrogen-bond donors (Lipinski definition) is 0. The predicted octanol–water partition coefficient (Wildman–Crippen LogP) is 17.3. The molecule has 0 amide bonds. The van der Waals surface area contributed by atoms with E-state index in [1.807, 2.05) is 0 Å². The number of unbranched alkanes of at least 4 members (excludes halogenated alkanes) is 9. The van der Waals surface area contributed by atoms with Crippen LogP contribution in [0.3, 0.4) is 0 Å². The van der Waals surface area contributed by atoms with Gasteiger partial charge < -0.3 is 14.2 Å². The first kappa shape index (κ1) is 61.3. The van der Waals surface area contributed by atoms with Crippen LogP contribution >= 0.6 is 0 Å². The van der Waals surface area contributed by atoms with Crippen molar-refractivity contribution in [1.82, 2.24) is 0 Å². The maximum Gasteiger partial charge on any atom is 0.306 e. The second kappa shape index (κ2) is 52.9. The van der Waals surface area contributed by atoms with E-state index in [2.05, 4.69) is 167 Å². The Bertz CT molecular complexity index is 1510. The van der Waals surface area contributed by atoms with Crippen LogP contribution in [0, 0.1) is 0 Å². The van der Waals surface area contributed by atoms with Crippen LogP contribution in [0.5, 0.6) is 0 Å². The van der Waals surface area contributed by atoms with Crippen molar-refractivity contribution in [1.29, 1.82) is 0 Å². The lowest BCUT2D eigenvalue weighted by atomic mass is 10.1. The fourth-order valence-electron chi connectivity index (χ4n) is 6.25. The topological polar surface area (TPSA) is 78.9 Å². The van der Waals surface area contributed by atoms with Gasteiger partial charge in [-0.3, -0.25) is 14.4 Å². The highest BCUT2D eigenvalue weighted by Gasteiger charge is 2.19. The minimum Gasteiger partial charge on any atom is -0.462 e. The van der Waals surface area contributed by atoms with Gasteiger partial charge in [0.25, 0.3) is 0 Å². The predicted molar refractivity (Wildman–Crippen MR) is 283 cm³/mol. The van der Waals surface area contributed by atoms with Gasteiger partial charge in [-0.05, 0) is 128 Å². The molecule has 0 aromatic rings. The third-order valence-corrected chi connectivity index (χ3v) is 10.0. The van der Waals surface area contributed by atoms with Gasteiger partial charge in [-0.15, -0.1) is 0 Å². The fourth-order valence-corrected chi connectivity index (χ4v) is 6.25. The largest absolute Gasteiger partial charge is 0.462 e. The summed E-state index contributed by atoms with van der Waals surface area (Å²) < 4.78 is 16.7. The Kier molecular flexibility index (Phi) is 49.1. The van der Waals surface area contributed by atoms with Crippen LogP contribution < -0.4 is 0 Å². The highest BCUT2D eigenvalue weighted by Crippen LogP contribution is 2.11. The molecule has 0 aliphatic carbocycles. The lowest BCUT2D eigenvalue weighted by Gasteiger charge is -2.18. The summed E-state index contributed by atoms with van der Waals surface area (Å²) in [5.41, 5.74) is 0. The molecule has 0 aliphatic rings. The molecule has 0 N–H and O–H groups in total. The van der Waals surface area contributed by atoms with Gasteiger partial charge in [-0.2, -0.15) is 0 Å². The zero-order valence-electron chi connectivity index (χ0n) is 41.9. The standard InChI is InChI=1S/C60H92O6/c1-4-7-10-13-16-19-22-24-26-28-29-30-31-33-34-36-38-41-44-47-50-53-59(62)65-56-57(55-64-58(61)52-49-46-43-40-21-18-15-12-9-6-3)66-60(63)54-51-48-45-42-39-37-35-32-27-25-23-20-17-14-11-8-5-2/h7-8,10-12,15-17,19-20,24-27,29-30,33-35,37-38,41-42,45,57H,4-6,9,13-14,18,21-23,28,31-32,36,39-40,43-44,46-56H2,1-3H3/b10-7-,11-8-,15-12-,19-16-,20-17-,26-24-,27-25-,30-29-,34-33-,37-35-,41-38-,45-42-. The van der Waals surface area contributed by atoms with E-state index in [0.717, 1.165) is 128 Å². The van der Waals surface area contributed by atoms with E-state index in [9.17, 15) is 14.4 Å². The number of carbonyl (C=O) groups excluding carboxylic acids is 3. The van der Waals surface area contributed by atoms with Crippen molar-refractivity contribution in [3.63, 3.8) is 0 Å². The van der Waals surface area contributed by atoms with Crippen LogP contribution in [-0.2, 0) is 28.6 Å². The molecule has 6 heteroatoms. The summed E-state index contributed by atoms with van der Waals surface area (Å²) in [6.45, 7) is 6.22. The van der Waals surface area contributed by atoms with Gasteiger partial charge in [0, 0.05) is 19.3 Å². The molecule has 0 saturated carbocycles. The number of allylic oxidation sites excluding steroid dienone is 24. The smallest absolute Gasteiger partial charge is 0.306 e. The highest BCUT2D eigenvalue weighted by molar-refractivity contribution is 5.71. The fraction of sp³-hybridized carbons (Fsp3) is 0.550. The summed E-state index contributed by atoms with van der Waals surface area (Å²) in [5.74, 6) is -1.05. The second-order valence-electron chi connectivity index (χ2n) is 16.3. The Morgan fingerprint density at radius 2 is 0.606 bits per heavy atom. The summed E-state index contributed by atoms with van der Waals surface area (Å²) in [6.07, 6.45) is 75.6. The summed E-state index contributed by atoms with van der Waals surface area (Å²) in [5, 5.41) is 0. The first-order valence-corrected chi connectivity index (χ1v) is 25.8. The molecule has 0 fully saturated rings. The quantitative estimate of drug-likeness (QED) is 0.0262. The number of carbonyl (C=O) groups is 3. The van der Waals surface area contributed by atoms with Crippen LogP contribution in [-0.4, -0.2) is 37.2 Å². The van der Waals surface area contributed by atoms with Crippen LogP contribution in [0.4, 0.5) is 0 Å². The molecule has 0 aromatic heterocycles. The van der Waals surface area contributed by atoms with E-state index in [-0.39, 0.29) is 44.0 Å². The van der Waals surface area contributed by atoms with Crippen molar-refractivity contribution in [2.75, 3.05) is 13.2 Å². The van der Waals surface area contributed by atoms with Gasteiger partial charge in [0.15, 0.2) is 6.10 Å². The van der Waals surface area contributed by atoms with Crippen LogP contribution in [0.2, 0.25) is 0 Å². The van der Waals surface area contributed by atoms with Crippen molar-refractivity contribution >= 4 is 17.9 Å². The lowest BCUT2D eigenvalue weighted by Crippen LogP contribution is -2.30. The Balaban J connectivity index is 4.55. The van der Waals surface area contributed by atoms with Gasteiger partial charge >= 0.3 is 17.9 Å². The molecule has 0 aliphatic heterocycles. The average Bonchev–Trinajstić information content (AvgIpc) is 3.31. The molecule has 6 nitrogen and oxygen atoms in total. The normalized spacial score (nSPS) is 13.3. The Labute approximate surface area is 404 Å². The molecule has 0 spiro atoms. The van der Waals surface area contributed by atoms with Crippen molar-refractivity contribution in [2.24, 2.45) is 0 Å². The maximum absolute atomic E-state index is 12.8. The van der Waals surface area contributed by atoms with E-state index in [0.29, 0.717) is 19.3 Å². The molecule has 0 bridgehead atoms. The number of ether oxygens (including phenoxy) is 3. The highest BCUT2D eigenvalue weighted by atomic mass is 16.6. The summed E-state index contributed by atoms with van der Waals surface area (Å²) in [6, 6.07) is 0. The van der Waals surface area contributed by atoms with E-state index in [1.54, 1.807) is 0 Å². The zero-order chi connectivity index (χ0) is 47.9. The molecule has 0 rings (SSSR count). The molecular formula is C60H92O6. The second-order valence-corrected chi connectivity index (χ2v) is 16.3. The molecule has 1 atom stereocenters. The molecule has 0 saturated heterocycles. The number of esters is 3. The average molecular weight is 909 g/mol. The van der Waals surface area contributed by atoms with Gasteiger partial charge in [-0.25, -0.2) is 0 Å². The SMILES string of the molecule is CC/C=C\C/C=C\C/C=C\C/C=C\C/C=C\C/C=C\CCCCC(=O)OCC(COC(=O)CCCCCCC/C=C\CCC)OC(=O)CCC/C=C\C/C=C\C/C=C\C/C=C\C/C=C\CC. The number of hydrogen-bond acceptors (Lipinski definition) is 6. The first-order chi connectivity index (χ1) is 32.5. The monoisotopic (exact) mass is 909 g/mol.